The molecule has 1 aromatic carbocycles. The van der Waals surface area contributed by atoms with E-state index >= 15 is 0 Å². The molecule has 2 aliphatic rings. The van der Waals surface area contributed by atoms with Gasteiger partial charge < -0.3 is 21.1 Å². The summed E-state index contributed by atoms with van der Waals surface area (Å²) in [6.07, 6.45) is 4.46. The van der Waals surface area contributed by atoms with Gasteiger partial charge in [-0.2, -0.15) is 4.31 Å². The van der Waals surface area contributed by atoms with Crippen molar-refractivity contribution in [3.8, 4) is 0 Å². The molecule has 2 aliphatic heterocycles. The van der Waals surface area contributed by atoms with Gasteiger partial charge in [0.25, 0.3) is 0 Å². The summed E-state index contributed by atoms with van der Waals surface area (Å²) in [5.41, 5.74) is 2.19. The molecule has 1 aromatic heterocycles. The maximum absolute atomic E-state index is 12.7. The van der Waals surface area contributed by atoms with Gasteiger partial charge in [-0.3, -0.25) is 9.59 Å². The van der Waals surface area contributed by atoms with Gasteiger partial charge >= 0.3 is 5.97 Å². The smallest absolute Gasteiger partial charge is 0.328 e. The molecule has 210 valence electrons. The number of aromatic nitrogens is 1. The Morgan fingerprint density at radius 1 is 1.18 bits per heavy atom. The van der Waals surface area contributed by atoms with E-state index in [1.165, 1.54) is 23.8 Å². The van der Waals surface area contributed by atoms with Gasteiger partial charge in [0.1, 0.15) is 11.9 Å². The summed E-state index contributed by atoms with van der Waals surface area (Å²) in [6.45, 7) is 0.505. The first kappa shape index (κ1) is 28.8. The molecule has 0 bridgehead atoms. The Labute approximate surface area is 232 Å². The number of carbonyl (C=O) groups excluding carboxylic acids is 2. The molecule has 4 N–H and O–H groups in total. The standard InChI is InChI=1S/C26H32ClN5O6S/c27-19-6-3-8-21(13-19)39(37,38)32-15-18(16-32)25(34)31-22(26(35)36)14-29-23(33)9-2-1-7-20-11-10-17-5-4-12-28-24(17)30-20/h3,6,8,10-11,13,18,22H,1-2,4-5,7,9,12,14-16H2,(H,28,30)(H,29,33)(H,31,34)(H,35,36). The van der Waals surface area contributed by atoms with Crippen LogP contribution in [-0.4, -0.2) is 72.8 Å². The minimum absolute atomic E-state index is 0.0240. The van der Waals surface area contributed by atoms with E-state index in [0.717, 1.165) is 48.0 Å². The molecule has 1 fully saturated rings. The summed E-state index contributed by atoms with van der Waals surface area (Å²) < 4.78 is 26.5. The SMILES string of the molecule is O=C(CCCCc1ccc2c(n1)NCCC2)NCC(NC(=O)C1CN(S(=O)(=O)c2cccc(Cl)c2)C1)C(=O)O. The van der Waals surface area contributed by atoms with E-state index in [0.29, 0.717) is 6.42 Å². The molecular weight excluding hydrogens is 546 g/mol. The summed E-state index contributed by atoms with van der Waals surface area (Å²) in [7, 11) is -3.80. The first-order valence-corrected chi connectivity index (χ1v) is 14.7. The fourth-order valence-electron chi connectivity index (χ4n) is 4.47. The van der Waals surface area contributed by atoms with Crippen molar-refractivity contribution < 1.29 is 27.9 Å². The van der Waals surface area contributed by atoms with Crippen molar-refractivity contribution in [2.75, 3.05) is 31.5 Å². The van der Waals surface area contributed by atoms with Crippen LogP contribution in [0.15, 0.2) is 41.3 Å². The number of carboxylic acids is 1. The zero-order chi connectivity index (χ0) is 28.0. The van der Waals surface area contributed by atoms with Crippen molar-refractivity contribution >= 4 is 45.2 Å². The van der Waals surface area contributed by atoms with Crippen LogP contribution < -0.4 is 16.0 Å². The second-order valence-electron chi connectivity index (χ2n) is 9.73. The topological polar surface area (TPSA) is 158 Å². The van der Waals surface area contributed by atoms with Crippen LogP contribution >= 0.6 is 11.6 Å². The molecule has 39 heavy (non-hydrogen) atoms. The molecule has 1 unspecified atom stereocenters. The fraction of sp³-hybridized carbons (Fsp3) is 0.462. The second-order valence-corrected chi connectivity index (χ2v) is 12.1. The number of hydrogen-bond acceptors (Lipinski definition) is 7. The number of sulfonamides is 1. The predicted octanol–water partition coefficient (Wildman–Crippen LogP) is 1.81. The van der Waals surface area contributed by atoms with E-state index in [-0.39, 0.29) is 41.9 Å². The van der Waals surface area contributed by atoms with E-state index in [4.69, 9.17) is 11.6 Å². The van der Waals surface area contributed by atoms with Crippen LogP contribution in [0.25, 0.3) is 0 Å². The van der Waals surface area contributed by atoms with E-state index in [2.05, 4.69) is 27.0 Å². The zero-order valence-corrected chi connectivity index (χ0v) is 22.9. The molecule has 0 aliphatic carbocycles. The molecule has 0 saturated carbocycles. The molecule has 2 aromatic rings. The quantitative estimate of drug-likeness (QED) is 0.278. The first-order chi connectivity index (χ1) is 18.6. The number of rotatable bonds is 12. The Hall–Kier alpha value is -3.22. The van der Waals surface area contributed by atoms with Gasteiger partial charge in [-0.1, -0.05) is 23.7 Å². The lowest BCUT2D eigenvalue weighted by atomic mass is 10.0. The lowest BCUT2D eigenvalue weighted by Gasteiger charge is -2.37. The third-order valence-electron chi connectivity index (χ3n) is 6.81. The van der Waals surface area contributed by atoms with Crippen LogP contribution in [0.3, 0.4) is 0 Å². The summed E-state index contributed by atoms with van der Waals surface area (Å²) in [5, 5.41) is 18.0. The number of amides is 2. The monoisotopic (exact) mass is 577 g/mol. The second kappa shape index (κ2) is 12.8. The number of pyridine rings is 1. The average Bonchev–Trinajstić information content (AvgIpc) is 2.87. The highest BCUT2D eigenvalue weighted by Crippen LogP contribution is 2.27. The zero-order valence-electron chi connectivity index (χ0n) is 21.4. The predicted molar refractivity (Wildman–Crippen MR) is 145 cm³/mol. The van der Waals surface area contributed by atoms with Crippen molar-refractivity contribution in [1.29, 1.82) is 0 Å². The Kier molecular flexibility index (Phi) is 9.41. The van der Waals surface area contributed by atoms with Gasteiger partial charge in [0, 0.05) is 43.3 Å². The number of aryl methyl sites for hydroxylation is 2. The summed E-state index contributed by atoms with van der Waals surface area (Å²) >= 11 is 5.88. The van der Waals surface area contributed by atoms with Gasteiger partial charge in [-0.15, -0.1) is 0 Å². The van der Waals surface area contributed by atoms with Crippen molar-refractivity contribution in [2.45, 2.75) is 49.5 Å². The van der Waals surface area contributed by atoms with Gasteiger partial charge in [-0.05, 0) is 61.9 Å². The molecule has 4 rings (SSSR count). The summed E-state index contributed by atoms with van der Waals surface area (Å²) in [4.78, 5) is 41.1. The first-order valence-electron chi connectivity index (χ1n) is 12.9. The maximum atomic E-state index is 12.7. The number of aliphatic carboxylic acids is 1. The van der Waals surface area contributed by atoms with Crippen LogP contribution in [0.5, 0.6) is 0 Å². The highest BCUT2D eigenvalue weighted by atomic mass is 35.5. The highest BCUT2D eigenvalue weighted by Gasteiger charge is 2.41. The van der Waals surface area contributed by atoms with Crippen molar-refractivity contribution in [2.24, 2.45) is 5.92 Å². The van der Waals surface area contributed by atoms with Gasteiger partial charge in [0.15, 0.2) is 0 Å². The number of unbranched alkanes of at least 4 members (excludes halogenated alkanes) is 1. The van der Waals surface area contributed by atoms with Crippen molar-refractivity contribution in [3.63, 3.8) is 0 Å². The van der Waals surface area contributed by atoms with Crippen LogP contribution in [0.4, 0.5) is 5.82 Å². The number of carboxylic acid groups (broad SMARTS) is 1. The Morgan fingerprint density at radius 2 is 1.97 bits per heavy atom. The van der Waals surface area contributed by atoms with Gasteiger partial charge in [-0.25, -0.2) is 18.2 Å². The van der Waals surface area contributed by atoms with E-state index in [9.17, 15) is 27.9 Å². The molecule has 1 saturated heterocycles. The van der Waals surface area contributed by atoms with Crippen LogP contribution in [-0.2, 0) is 37.2 Å². The third kappa shape index (κ3) is 7.46. The summed E-state index contributed by atoms with van der Waals surface area (Å²) in [6, 6.07) is 8.61. The average molecular weight is 578 g/mol. The largest absolute Gasteiger partial charge is 0.480 e. The normalized spacial score (nSPS) is 16.3. The molecule has 3 heterocycles. The fourth-order valence-corrected chi connectivity index (χ4v) is 6.30. The number of fused-ring (bicyclic) bond motifs is 1. The number of anilines is 1. The lowest BCUT2D eigenvalue weighted by Crippen LogP contribution is -2.58. The molecule has 0 radical (unpaired) electrons. The number of carbonyl (C=O) groups is 3. The van der Waals surface area contributed by atoms with Crippen molar-refractivity contribution in [1.82, 2.24) is 19.9 Å². The van der Waals surface area contributed by atoms with Crippen molar-refractivity contribution in [3.05, 3.63) is 52.7 Å². The molecule has 13 heteroatoms. The lowest BCUT2D eigenvalue weighted by molar-refractivity contribution is -0.143. The summed E-state index contributed by atoms with van der Waals surface area (Å²) in [5.74, 6) is -1.93. The maximum Gasteiger partial charge on any atom is 0.328 e. The molecule has 1 atom stereocenters. The number of benzene rings is 1. The van der Waals surface area contributed by atoms with Gasteiger partial charge in [0.05, 0.1) is 10.8 Å². The van der Waals surface area contributed by atoms with E-state index < -0.39 is 33.9 Å². The number of halogens is 1. The molecule has 0 spiro atoms. The molecule has 2 amide bonds. The molecular formula is C26H32ClN5O6S. The number of nitrogens with one attached hydrogen (secondary N) is 3. The van der Waals surface area contributed by atoms with Crippen LogP contribution in [0.1, 0.15) is 36.9 Å². The third-order valence-corrected chi connectivity index (χ3v) is 8.87. The number of hydrogen-bond donors (Lipinski definition) is 4. The Balaban J connectivity index is 1.16. The van der Waals surface area contributed by atoms with E-state index in [1.807, 2.05) is 6.07 Å². The minimum Gasteiger partial charge on any atom is -0.480 e. The highest BCUT2D eigenvalue weighted by molar-refractivity contribution is 7.89. The molecule has 11 nitrogen and oxygen atoms in total. The Bertz CT molecular complexity index is 1330. The Morgan fingerprint density at radius 3 is 2.72 bits per heavy atom. The van der Waals surface area contributed by atoms with E-state index in [1.54, 1.807) is 6.07 Å². The van der Waals surface area contributed by atoms with Crippen LogP contribution in [0.2, 0.25) is 5.02 Å². The van der Waals surface area contributed by atoms with Crippen LogP contribution in [0, 0.1) is 5.92 Å². The number of nitrogens with zero attached hydrogens (tertiary/aromatic N) is 2. The van der Waals surface area contributed by atoms with Gasteiger partial charge in [0.2, 0.25) is 21.8 Å². The minimum atomic E-state index is -3.80.